The molecule has 1 amide bonds. The quantitative estimate of drug-likeness (QED) is 0.711. The fraction of sp³-hybridized carbons (Fsp3) is 0.500. The zero-order valence-corrected chi connectivity index (χ0v) is 15.9. The van der Waals surface area contributed by atoms with Crippen LogP contribution in [0.15, 0.2) is 22.7 Å². The van der Waals surface area contributed by atoms with Crippen LogP contribution in [-0.2, 0) is 11.3 Å². The summed E-state index contributed by atoms with van der Waals surface area (Å²) in [4.78, 5) is 20.2. The lowest BCUT2D eigenvalue weighted by molar-refractivity contribution is -0.133. The maximum Gasteiger partial charge on any atom is 0.387 e. The van der Waals surface area contributed by atoms with Crippen LogP contribution in [0.1, 0.15) is 18.7 Å². The lowest BCUT2D eigenvalue weighted by Gasteiger charge is -2.24. The summed E-state index contributed by atoms with van der Waals surface area (Å²) in [6.45, 7) is -1.81. The molecule has 0 aliphatic carbocycles. The zero-order valence-electron chi connectivity index (χ0n) is 15.9. The second-order valence-electron chi connectivity index (χ2n) is 6.62. The largest absolute Gasteiger partial charge is 0.493 e. The highest BCUT2D eigenvalue weighted by Gasteiger charge is 2.32. The minimum Gasteiger partial charge on any atom is -0.493 e. The number of likely N-dealkylation sites (N-methyl/N-ethyl adjacent to an activating group) is 1. The third-order valence-corrected chi connectivity index (χ3v) is 4.53. The van der Waals surface area contributed by atoms with E-state index in [0.29, 0.717) is 23.8 Å². The highest BCUT2D eigenvalue weighted by Crippen LogP contribution is 2.32. The number of benzene rings is 1. The molecule has 152 valence electrons. The molecule has 8 nitrogen and oxygen atoms in total. The summed E-state index contributed by atoms with van der Waals surface area (Å²) in [5, 5.41) is 3.95. The topological polar surface area (TPSA) is 80.9 Å². The van der Waals surface area contributed by atoms with E-state index >= 15 is 0 Å². The van der Waals surface area contributed by atoms with Crippen molar-refractivity contribution in [1.29, 1.82) is 0 Å². The molecule has 0 N–H and O–H groups in total. The average Bonchev–Trinajstić information content (AvgIpc) is 3.31. The third-order valence-electron chi connectivity index (χ3n) is 4.53. The normalized spacial score (nSPS) is 17.1. The van der Waals surface area contributed by atoms with Gasteiger partial charge in [-0.05, 0) is 37.6 Å². The molecule has 28 heavy (non-hydrogen) atoms. The molecular weight excluding hydrogens is 374 g/mol. The van der Waals surface area contributed by atoms with Gasteiger partial charge < -0.3 is 18.9 Å². The Labute approximate surface area is 161 Å². The molecule has 1 aliphatic rings. The maximum atomic E-state index is 12.4. The van der Waals surface area contributed by atoms with Crippen LogP contribution in [0.3, 0.4) is 0 Å². The summed E-state index contributed by atoms with van der Waals surface area (Å²) in [5.41, 5.74) is 0.538. The standard InChI is InChI=1S/C18H22F2N4O4/c1-23(2)17(25)12-5-4-8-24(12)10-15-21-16(22-28-15)11-6-7-13(27-18(19)20)14(9-11)26-3/h6-7,9,12,18H,4-5,8,10H2,1-3H3. The Balaban J connectivity index is 1.74. The average molecular weight is 396 g/mol. The van der Waals surface area contributed by atoms with Gasteiger partial charge >= 0.3 is 6.61 Å². The van der Waals surface area contributed by atoms with Gasteiger partial charge in [0.25, 0.3) is 0 Å². The van der Waals surface area contributed by atoms with Crippen LogP contribution in [0.25, 0.3) is 11.4 Å². The summed E-state index contributed by atoms with van der Waals surface area (Å²) < 4.78 is 39.7. The first-order valence-corrected chi connectivity index (χ1v) is 8.80. The molecule has 1 saturated heterocycles. The molecule has 1 aliphatic heterocycles. The van der Waals surface area contributed by atoms with Crippen molar-refractivity contribution in [3.8, 4) is 22.9 Å². The van der Waals surface area contributed by atoms with E-state index in [1.54, 1.807) is 25.1 Å². The number of methoxy groups -OCH3 is 1. The van der Waals surface area contributed by atoms with Crippen LogP contribution in [-0.4, -0.2) is 66.3 Å². The minimum absolute atomic E-state index is 0.0524. The molecule has 0 radical (unpaired) electrons. The van der Waals surface area contributed by atoms with E-state index in [2.05, 4.69) is 14.9 Å². The van der Waals surface area contributed by atoms with Gasteiger partial charge in [0.15, 0.2) is 11.5 Å². The van der Waals surface area contributed by atoms with E-state index in [-0.39, 0.29) is 23.4 Å². The number of carbonyl (C=O) groups is 1. The number of carbonyl (C=O) groups excluding carboxylic acids is 1. The van der Waals surface area contributed by atoms with Crippen molar-refractivity contribution in [2.24, 2.45) is 0 Å². The first kappa shape index (κ1) is 20.0. The summed E-state index contributed by atoms with van der Waals surface area (Å²) in [6, 6.07) is 4.21. The van der Waals surface area contributed by atoms with Gasteiger partial charge in [0.05, 0.1) is 19.7 Å². The Morgan fingerprint density at radius 2 is 2.18 bits per heavy atom. The van der Waals surface area contributed by atoms with Crippen LogP contribution in [0, 0.1) is 0 Å². The van der Waals surface area contributed by atoms with E-state index in [1.807, 2.05) is 4.90 Å². The van der Waals surface area contributed by atoms with Crippen molar-refractivity contribution >= 4 is 5.91 Å². The van der Waals surface area contributed by atoms with Crippen LogP contribution in [0.2, 0.25) is 0 Å². The Morgan fingerprint density at radius 3 is 2.86 bits per heavy atom. The van der Waals surface area contributed by atoms with Gasteiger partial charge in [-0.15, -0.1) is 0 Å². The smallest absolute Gasteiger partial charge is 0.387 e. The number of amides is 1. The Hall–Kier alpha value is -2.75. The zero-order chi connectivity index (χ0) is 20.3. The molecule has 1 unspecified atom stereocenters. The molecule has 1 fully saturated rings. The molecule has 1 aromatic heterocycles. The van der Waals surface area contributed by atoms with E-state index < -0.39 is 6.61 Å². The molecule has 0 spiro atoms. The molecule has 0 bridgehead atoms. The fourth-order valence-electron chi connectivity index (χ4n) is 3.20. The maximum absolute atomic E-state index is 12.4. The van der Waals surface area contributed by atoms with Crippen molar-refractivity contribution in [3.05, 3.63) is 24.1 Å². The van der Waals surface area contributed by atoms with Gasteiger partial charge in [0.2, 0.25) is 17.6 Å². The van der Waals surface area contributed by atoms with Crippen LogP contribution in [0.5, 0.6) is 11.5 Å². The monoisotopic (exact) mass is 396 g/mol. The summed E-state index contributed by atoms with van der Waals surface area (Å²) >= 11 is 0. The van der Waals surface area contributed by atoms with Crippen LogP contribution >= 0.6 is 0 Å². The van der Waals surface area contributed by atoms with Crippen molar-refractivity contribution < 1.29 is 27.6 Å². The number of hydrogen-bond donors (Lipinski definition) is 0. The Bertz CT molecular complexity index is 828. The van der Waals surface area contributed by atoms with Crippen molar-refractivity contribution in [2.75, 3.05) is 27.7 Å². The Morgan fingerprint density at radius 1 is 1.39 bits per heavy atom. The van der Waals surface area contributed by atoms with Gasteiger partial charge in [-0.25, -0.2) is 0 Å². The molecular formula is C18H22F2N4O4. The van der Waals surface area contributed by atoms with Gasteiger partial charge in [-0.3, -0.25) is 9.69 Å². The molecule has 1 aromatic carbocycles. The lowest BCUT2D eigenvalue weighted by Crippen LogP contribution is -2.42. The van der Waals surface area contributed by atoms with Gasteiger partial charge in [0, 0.05) is 19.7 Å². The van der Waals surface area contributed by atoms with E-state index in [4.69, 9.17) is 9.26 Å². The summed E-state index contributed by atoms with van der Waals surface area (Å²) in [6.07, 6.45) is 1.72. The predicted octanol–water partition coefficient (Wildman–Crippen LogP) is 2.40. The number of rotatable bonds is 7. The molecule has 3 rings (SSSR count). The van der Waals surface area contributed by atoms with E-state index in [0.717, 1.165) is 19.4 Å². The second kappa shape index (κ2) is 8.51. The van der Waals surface area contributed by atoms with E-state index in [1.165, 1.54) is 19.2 Å². The summed E-state index contributed by atoms with van der Waals surface area (Å²) in [5.74, 6) is 0.788. The van der Waals surface area contributed by atoms with Crippen molar-refractivity contribution in [3.63, 3.8) is 0 Å². The Kier molecular flexibility index (Phi) is 6.08. The lowest BCUT2D eigenvalue weighted by atomic mass is 10.2. The van der Waals surface area contributed by atoms with Gasteiger partial charge in [-0.2, -0.15) is 13.8 Å². The number of halogens is 2. The first-order valence-electron chi connectivity index (χ1n) is 8.80. The molecule has 2 aromatic rings. The van der Waals surface area contributed by atoms with Crippen molar-refractivity contribution in [1.82, 2.24) is 19.9 Å². The fourth-order valence-corrected chi connectivity index (χ4v) is 3.20. The predicted molar refractivity (Wildman–Crippen MR) is 95.0 cm³/mol. The third kappa shape index (κ3) is 4.38. The van der Waals surface area contributed by atoms with Crippen molar-refractivity contribution in [2.45, 2.75) is 32.0 Å². The summed E-state index contributed by atoms with van der Waals surface area (Å²) in [7, 11) is 4.82. The molecule has 10 heteroatoms. The molecule has 0 saturated carbocycles. The number of alkyl halides is 2. The van der Waals surface area contributed by atoms with Crippen LogP contribution in [0.4, 0.5) is 8.78 Å². The van der Waals surface area contributed by atoms with E-state index in [9.17, 15) is 13.6 Å². The van der Waals surface area contributed by atoms with Gasteiger partial charge in [-0.1, -0.05) is 5.16 Å². The second-order valence-corrected chi connectivity index (χ2v) is 6.62. The van der Waals surface area contributed by atoms with Gasteiger partial charge in [0.1, 0.15) is 0 Å². The number of ether oxygens (including phenoxy) is 2. The number of nitrogens with zero attached hydrogens (tertiary/aromatic N) is 4. The number of likely N-dealkylation sites (tertiary alicyclic amines) is 1. The highest BCUT2D eigenvalue weighted by atomic mass is 19.3. The minimum atomic E-state index is -2.95. The number of aromatic nitrogens is 2. The highest BCUT2D eigenvalue weighted by molar-refractivity contribution is 5.81. The molecule has 1 atom stereocenters. The van der Waals surface area contributed by atoms with Crippen LogP contribution < -0.4 is 9.47 Å². The first-order chi connectivity index (χ1) is 13.4. The SMILES string of the molecule is COc1cc(-c2noc(CN3CCCC3C(=O)N(C)C)n2)ccc1OC(F)F. The number of hydrogen-bond acceptors (Lipinski definition) is 7. The molecule has 2 heterocycles.